The van der Waals surface area contributed by atoms with E-state index in [-0.39, 0.29) is 36.5 Å². The summed E-state index contributed by atoms with van der Waals surface area (Å²) >= 11 is 0. The van der Waals surface area contributed by atoms with Gasteiger partial charge < -0.3 is 9.80 Å². The van der Waals surface area contributed by atoms with Crippen LogP contribution >= 0.6 is 0 Å². The van der Waals surface area contributed by atoms with Crippen LogP contribution in [0.5, 0.6) is 0 Å². The van der Waals surface area contributed by atoms with Gasteiger partial charge in [0.1, 0.15) is 5.82 Å². The molecule has 1 heterocycles. The quantitative estimate of drug-likeness (QED) is 0.856. The molecule has 2 aromatic carbocycles. The maximum absolute atomic E-state index is 14.0. The van der Waals surface area contributed by atoms with Crippen molar-refractivity contribution in [3.8, 4) is 0 Å². The maximum atomic E-state index is 14.0. The molecule has 3 rings (SSSR count). The molecule has 0 aliphatic carbocycles. The Bertz CT molecular complexity index is 778. The van der Waals surface area contributed by atoms with Gasteiger partial charge in [-0.25, -0.2) is 4.39 Å². The van der Waals surface area contributed by atoms with E-state index in [9.17, 15) is 14.0 Å². The van der Waals surface area contributed by atoms with Crippen LogP contribution in [0.15, 0.2) is 54.6 Å². The molecule has 1 aliphatic heterocycles. The topological polar surface area (TPSA) is 40.6 Å². The van der Waals surface area contributed by atoms with Crippen LogP contribution in [-0.4, -0.2) is 30.3 Å². The molecule has 0 unspecified atom stereocenters. The predicted octanol–water partition coefficient (Wildman–Crippen LogP) is 3.40. The van der Waals surface area contributed by atoms with E-state index in [1.54, 1.807) is 30.1 Å². The van der Waals surface area contributed by atoms with Gasteiger partial charge in [0.25, 0.3) is 0 Å². The van der Waals surface area contributed by atoms with Gasteiger partial charge in [-0.05, 0) is 24.6 Å². The minimum absolute atomic E-state index is 0.0914. The van der Waals surface area contributed by atoms with E-state index in [1.165, 1.54) is 11.0 Å². The van der Waals surface area contributed by atoms with E-state index in [1.807, 2.05) is 37.3 Å². The molecule has 5 heteroatoms. The number of carbonyl (C=O) groups is 2. The Morgan fingerprint density at radius 1 is 1.16 bits per heavy atom. The second-order valence-corrected chi connectivity index (χ2v) is 6.39. The number of nitrogens with zero attached hydrogens (tertiary/aromatic N) is 2. The third-order valence-electron chi connectivity index (χ3n) is 4.83. The highest BCUT2D eigenvalue weighted by atomic mass is 19.1. The summed E-state index contributed by atoms with van der Waals surface area (Å²) in [6.45, 7) is 2.17. The predicted molar refractivity (Wildman–Crippen MR) is 94.5 cm³/mol. The van der Waals surface area contributed by atoms with Gasteiger partial charge in [0, 0.05) is 20.0 Å². The van der Waals surface area contributed by atoms with Crippen LogP contribution in [0.1, 0.15) is 24.9 Å². The smallest absolute Gasteiger partial charge is 0.228 e. The first-order valence-electron chi connectivity index (χ1n) is 8.35. The first-order valence-corrected chi connectivity index (χ1v) is 8.35. The molecule has 0 N–H and O–H groups in total. The number of para-hydroxylation sites is 1. The van der Waals surface area contributed by atoms with Gasteiger partial charge >= 0.3 is 0 Å². The molecule has 4 nitrogen and oxygen atoms in total. The number of benzene rings is 2. The van der Waals surface area contributed by atoms with Gasteiger partial charge in [-0.3, -0.25) is 9.59 Å². The van der Waals surface area contributed by atoms with E-state index >= 15 is 0 Å². The molecule has 1 aliphatic rings. The average molecular weight is 340 g/mol. The molecule has 130 valence electrons. The zero-order chi connectivity index (χ0) is 18.0. The zero-order valence-corrected chi connectivity index (χ0v) is 14.4. The Labute approximate surface area is 146 Å². The van der Waals surface area contributed by atoms with Crippen LogP contribution in [0.4, 0.5) is 10.1 Å². The van der Waals surface area contributed by atoms with Crippen LogP contribution in [-0.2, 0) is 9.59 Å². The van der Waals surface area contributed by atoms with Crippen LogP contribution in [0, 0.1) is 11.7 Å². The second kappa shape index (κ2) is 7.05. The van der Waals surface area contributed by atoms with Crippen LogP contribution in [0.3, 0.4) is 0 Å². The SMILES string of the molecule is C[C@H](c1ccccc1)N(C)C(=O)[C@@H]1CC(=O)N(c2ccccc2F)C1. The lowest BCUT2D eigenvalue weighted by Crippen LogP contribution is -2.36. The van der Waals surface area contributed by atoms with Crippen molar-refractivity contribution in [3.63, 3.8) is 0 Å². The van der Waals surface area contributed by atoms with Crippen molar-refractivity contribution in [1.29, 1.82) is 0 Å². The Morgan fingerprint density at radius 2 is 1.80 bits per heavy atom. The minimum Gasteiger partial charge on any atom is -0.339 e. The van der Waals surface area contributed by atoms with Crippen LogP contribution < -0.4 is 4.90 Å². The Kier molecular flexibility index (Phi) is 4.83. The van der Waals surface area contributed by atoms with Gasteiger partial charge in [-0.1, -0.05) is 42.5 Å². The molecule has 0 radical (unpaired) electrons. The van der Waals surface area contributed by atoms with Crippen molar-refractivity contribution < 1.29 is 14.0 Å². The zero-order valence-electron chi connectivity index (χ0n) is 14.4. The average Bonchev–Trinajstić information content (AvgIpc) is 3.02. The summed E-state index contributed by atoms with van der Waals surface area (Å²) in [5.74, 6) is -1.22. The third kappa shape index (κ3) is 3.40. The Morgan fingerprint density at radius 3 is 2.48 bits per heavy atom. The molecular formula is C20H21FN2O2. The van der Waals surface area contributed by atoms with E-state index in [4.69, 9.17) is 0 Å². The van der Waals surface area contributed by atoms with Gasteiger partial charge in [0.15, 0.2) is 0 Å². The number of carbonyl (C=O) groups excluding carboxylic acids is 2. The minimum atomic E-state index is -0.455. The Hall–Kier alpha value is -2.69. The molecular weight excluding hydrogens is 319 g/mol. The normalized spacial score (nSPS) is 18.3. The molecule has 0 spiro atoms. The first-order chi connectivity index (χ1) is 12.0. The fourth-order valence-corrected chi connectivity index (χ4v) is 3.21. The number of halogens is 1. The second-order valence-electron chi connectivity index (χ2n) is 6.39. The molecule has 2 aromatic rings. The van der Waals surface area contributed by atoms with Crippen molar-refractivity contribution in [2.45, 2.75) is 19.4 Å². The van der Waals surface area contributed by atoms with Crippen molar-refractivity contribution in [2.75, 3.05) is 18.5 Å². The molecule has 0 saturated carbocycles. The fraction of sp³-hybridized carbons (Fsp3) is 0.300. The van der Waals surface area contributed by atoms with Gasteiger partial charge in [-0.2, -0.15) is 0 Å². The summed E-state index contributed by atoms with van der Waals surface area (Å²) in [4.78, 5) is 28.2. The summed E-state index contributed by atoms with van der Waals surface area (Å²) < 4.78 is 14.0. The summed E-state index contributed by atoms with van der Waals surface area (Å²) in [7, 11) is 1.75. The standard InChI is InChI=1S/C20H21FN2O2/c1-14(15-8-4-3-5-9-15)22(2)20(25)16-12-19(24)23(13-16)18-11-7-6-10-17(18)21/h3-11,14,16H,12-13H2,1-2H3/t14-,16-/m1/s1. The largest absolute Gasteiger partial charge is 0.339 e. The summed E-state index contributed by atoms with van der Waals surface area (Å²) in [6, 6.07) is 15.8. The summed E-state index contributed by atoms with van der Waals surface area (Å²) in [6.07, 6.45) is 0.110. The van der Waals surface area contributed by atoms with Crippen LogP contribution in [0.25, 0.3) is 0 Å². The highest BCUT2D eigenvalue weighted by Gasteiger charge is 2.38. The van der Waals surface area contributed by atoms with Crippen molar-refractivity contribution >= 4 is 17.5 Å². The van der Waals surface area contributed by atoms with Gasteiger partial charge in [-0.15, -0.1) is 0 Å². The van der Waals surface area contributed by atoms with E-state index in [0.29, 0.717) is 0 Å². The number of rotatable bonds is 4. The molecule has 0 bridgehead atoms. The lowest BCUT2D eigenvalue weighted by atomic mass is 10.0. The summed E-state index contributed by atoms with van der Waals surface area (Å²) in [5.41, 5.74) is 1.27. The van der Waals surface area contributed by atoms with Gasteiger partial charge in [0.2, 0.25) is 11.8 Å². The maximum Gasteiger partial charge on any atom is 0.228 e. The van der Waals surface area contributed by atoms with E-state index in [0.717, 1.165) is 5.56 Å². The lowest BCUT2D eigenvalue weighted by Gasteiger charge is -2.28. The van der Waals surface area contributed by atoms with E-state index in [2.05, 4.69) is 0 Å². The number of hydrogen-bond acceptors (Lipinski definition) is 2. The number of hydrogen-bond donors (Lipinski definition) is 0. The van der Waals surface area contributed by atoms with Gasteiger partial charge in [0.05, 0.1) is 17.6 Å². The molecule has 2 atom stereocenters. The molecule has 2 amide bonds. The fourth-order valence-electron chi connectivity index (χ4n) is 3.21. The number of amides is 2. The molecule has 1 saturated heterocycles. The van der Waals surface area contributed by atoms with E-state index < -0.39 is 11.7 Å². The lowest BCUT2D eigenvalue weighted by molar-refractivity contribution is -0.136. The third-order valence-corrected chi connectivity index (χ3v) is 4.83. The monoisotopic (exact) mass is 340 g/mol. The highest BCUT2D eigenvalue weighted by molar-refractivity contribution is 6.00. The number of anilines is 1. The van der Waals surface area contributed by atoms with Crippen molar-refractivity contribution in [2.24, 2.45) is 5.92 Å². The molecule has 0 aromatic heterocycles. The first kappa shape index (κ1) is 17.1. The van der Waals surface area contributed by atoms with Crippen molar-refractivity contribution in [3.05, 3.63) is 66.0 Å². The highest BCUT2D eigenvalue weighted by Crippen LogP contribution is 2.29. The molecule has 1 fully saturated rings. The Balaban J connectivity index is 1.73. The van der Waals surface area contributed by atoms with Crippen LogP contribution in [0.2, 0.25) is 0 Å². The molecule has 25 heavy (non-hydrogen) atoms. The summed E-state index contributed by atoms with van der Waals surface area (Å²) in [5, 5.41) is 0. The van der Waals surface area contributed by atoms with Crippen molar-refractivity contribution in [1.82, 2.24) is 4.90 Å².